The zero-order valence-electron chi connectivity index (χ0n) is 9.41. The molecule has 0 aromatic carbocycles. The van der Waals surface area contributed by atoms with E-state index in [0.717, 1.165) is 57.5 Å². The summed E-state index contributed by atoms with van der Waals surface area (Å²) in [5.41, 5.74) is 0. The van der Waals surface area contributed by atoms with Crippen LogP contribution in [0.1, 0.15) is 0 Å². The molecule has 0 saturated carbocycles. The van der Waals surface area contributed by atoms with E-state index in [1.54, 1.807) is 0 Å². The maximum atomic E-state index is 5.54. The molecule has 0 atom stereocenters. The Morgan fingerprint density at radius 2 is 1.47 bits per heavy atom. The Hall–Kier alpha value is -0.390. The van der Waals surface area contributed by atoms with Crippen LogP contribution in [-0.4, -0.2) is 79.2 Å². The van der Waals surface area contributed by atoms with Crippen LogP contribution in [0.15, 0.2) is 0 Å². The molecule has 2 aliphatic heterocycles. The zero-order chi connectivity index (χ0) is 10.7. The Bertz CT molecular complexity index is 219. The van der Waals surface area contributed by atoms with Gasteiger partial charge in [-0.2, -0.15) is 0 Å². The van der Waals surface area contributed by atoms with Gasteiger partial charge in [0.15, 0.2) is 5.11 Å². The first-order chi connectivity index (χ1) is 7.27. The molecule has 5 heteroatoms. The van der Waals surface area contributed by atoms with E-state index in [1.807, 2.05) is 0 Å². The van der Waals surface area contributed by atoms with Crippen molar-refractivity contribution in [3.05, 3.63) is 0 Å². The minimum Gasteiger partial charge on any atom is -0.347 e. The van der Waals surface area contributed by atoms with Crippen molar-refractivity contribution in [2.24, 2.45) is 0 Å². The molecule has 0 amide bonds. The lowest BCUT2D eigenvalue weighted by Gasteiger charge is -2.39. The minimum absolute atomic E-state index is 1.06. The van der Waals surface area contributed by atoms with E-state index < -0.39 is 0 Å². The Morgan fingerprint density at radius 3 is 2.07 bits per heavy atom. The van der Waals surface area contributed by atoms with E-state index in [-0.39, 0.29) is 0 Å². The van der Waals surface area contributed by atoms with Crippen molar-refractivity contribution in [1.29, 1.82) is 0 Å². The van der Waals surface area contributed by atoms with Crippen LogP contribution in [0.25, 0.3) is 0 Å². The second-order valence-corrected chi connectivity index (χ2v) is 4.68. The van der Waals surface area contributed by atoms with Gasteiger partial charge in [-0.3, -0.25) is 0 Å². The lowest BCUT2D eigenvalue weighted by atomic mass is 10.3. The molecular weight excluding hydrogens is 208 g/mol. The van der Waals surface area contributed by atoms with Crippen LogP contribution >= 0.6 is 12.2 Å². The second-order valence-electron chi connectivity index (χ2n) is 4.31. The number of piperazine rings is 2. The normalized spacial score (nSPS) is 24.3. The highest BCUT2D eigenvalue weighted by Crippen LogP contribution is 2.05. The molecule has 15 heavy (non-hydrogen) atoms. The predicted molar refractivity (Wildman–Crippen MR) is 66.1 cm³/mol. The molecule has 0 spiro atoms. The van der Waals surface area contributed by atoms with Gasteiger partial charge in [0, 0.05) is 52.4 Å². The smallest absolute Gasteiger partial charge is 0.171 e. The van der Waals surface area contributed by atoms with Crippen molar-refractivity contribution in [2.45, 2.75) is 0 Å². The van der Waals surface area contributed by atoms with E-state index >= 15 is 0 Å². The van der Waals surface area contributed by atoms with Gasteiger partial charge in [-0.05, 0) is 19.3 Å². The van der Waals surface area contributed by atoms with E-state index in [2.05, 4.69) is 27.1 Å². The maximum absolute atomic E-state index is 5.54. The van der Waals surface area contributed by atoms with Crippen molar-refractivity contribution in [3.8, 4) is 0 Å². The average Bonchev–Trinajstić information content (AvgIpc) is 2.30. The molecule has 0 unspecified atom stereocenters. The number of rotatable bonds is 0. The lowest BCUT2D eigenvalue weighted by Crippen LogP contribution is -2.55. The summed E-state index contributed by atoms with van der Waals surface area (Å²) in [6.07, 6.45) is 0. The van der Waals surface area contributed by atoms with Crippen molar-refractivity contribution in [1.82, 2.24) is 20.0 Å². The summed E-state index contributed by atoms with van der Waals surface area (Å²) in [6, 6.07) is 0. The fraction of sp³-hybridized carbons (Fsp3) is 0.900. The van der Waals surface area contributed by atoms with Gasteiger partial charge in [-0.1, -0.05) is 0 Å². The Balaban J connectivity index is 1.84. The van der Waals surface area contributed by atoms with Crippen molar-refractivity contribution in [2.75, 3.05) is 59.4 Å². The second kappa shape index (κ2) is 5.09. The van der Waals surface area contributed by atoms with Crippen molar-refractivity contribution in [3.63, 3.8) is 0 Å². The molecular formula is C10H20N4S. The number of hydrogen-bond donors (Lipinski definition) is 1. The van der Waals surface area contributed by atoms with Crippen LogP contribution in [0, 0.1) is 0 Å². The number of nitrogens with one attached hydrogen (secondary N) is 1. The van der Waals surface area contributed by atoms with Crippen molar-refractivity contribution >= 4 is 17.3 Å². The van der Waals surface area contributed by atoms with Gasteiger partial charge >= 0.3 is 0 Å². The summed E-state index contributed by atoms with van der Waals surface area (Å²) < 4.78 is 0. The third-order valence-corrected chi connectivity index (χ3v) is 3.68. The standard InChI is InChI=1S/C10H20N4S/c1-12-6-8-14(9-7-12)10(15)13-4-2-11-3-5-13/h11H,2-9H2,1H3. The molecule has 2 aliphatic rings. The topological polar surface area (TPSA) is 21.8 Å². The van der Waals surface area contributed by atoms with Gasteiger partial charge in [0.2, 0.25) is 0 Å². The third-order valence-electron chi connectivity index (χ3n) is 3.16. The van der Waals surface area contributed by atoms with Crippen LogP contribution in [0.5, 0.6) is 0 Å². The van der Waals surface area contributed by atoms with E-state index in [1.165, 1.54) is 0 Å². The summed E-state index contributed by atoms with van der Waals surface area (Å²) >= 11 is 5.54. The fourth-order valence-electron chi connectivity index (χ4n) is 2.05. The van der Waals surface area contributed by atoms with E-state index in [9.17, 15) is 0 Å². The monoisotopic (exact) mass is 228 g/mol. The molecule has 0 radical (unpaired) electrons. The van der Waals surface area contributed by atoms with Crippen LogP contribution in [0.4, 0.5) is 0 Å². The highest BCUT2D eigenvalue weighted by atomic mass is 32.1. The van der Waals surface area contributed by atoms with E-state index in [4.69, 9.17) is 12.2 Å². The Labute approximate surface area is 97.2 Å². The Kier molecular flexibility index (Phi) is 3.77. The first kappa shape index (κ1) is 11.1. The average molecular weight is 228 g/mol. The number of thiocarbonyl (C=S) groups is 1. The summed E-state index contributed by atoms with van der Waals surface area (Å²) in [6.45, 7) is 8.68. The quantitative estimate of drug-likeness (QED) is 0.559. The molecule has 2 rings (SSSR count). The number of nitrogens with zero attached hydrogens (tertiary/aromatic N) is 3. The molecule has 0 aromatic rings. The summed E-state index contributed by atoms with van der Waals surface area (Å²) in [4.78, 5) is 7.04. The van der Waals surface area contributed by atoms with Crippen LogP contribution in [0.3, 0.4) is 0 Å². The van der Waals surface area contributed by atoms with Gasteiger partial charge < -0.3 is 20.0 Å². The van der Waals surface area contributed by atoms with Gasteiger partial charge in [-0.25, -0.2) is 0 Å². The highest BCUT2D eigenvalue weighted by Gasteiger charge is 2.21. The van der Waals surface area contributed by atoms with Gasteiger partial charge in [-0.15, -0.1) is 0 Å². The van der Waals surface area contributed by atoms with Crippen LogP contribution in [0.2, 0.25) is 0 Å². The predicted octanol–water partition coefficient (Wildman–Crippen LogP) is -0.576. The van der Waals surface area contributed by atoms with E-state index in [0.29, 0.717) is 0 Å². The molecule has 1 N–H and O–H groups in total. The fourth-order valence-corrected chi connectivity index (χ4v) is 2.42. The molecule has 4 nitrogen and oxygen atoms in total. The first-order valence-corrected chi connectivity index (χ1v) is 6.11. The number of likely N-dealkylation sites (N-methyl/N-ethyl adjacent to an activating group) is 1. The lowest BCUT2D eigenvalue weighted by molar-refractivity contribution is 0.196. The highest BCUT2D eigenvalue weighted by molar-refractivity contribution is 7.80. The molecule has 2 saturated heterocycles. The SMILES string of the molecule is CN1CCN(C(=S)N2CCNCC2)CC1. The largest absolute Gasteiger partial charge is 0.347 e. The molecule has 86 valence electrons. The Morgan fingerprint density at radius 1 is 0.933 bits per heavy atom. The molecule has 0 aromatic heterocycles. The maximum Gasteiger partial charge on any atom is 0.171 e. The summed E-state index contributed by atoms with van der Waals surface area (Å²) in [5, 5.41) is 4.41. The van der Waals surface area contributed by atoms with Gasteiger partial charge in [0.25, 0.3) is 0 Å². The summed E-state index contributed by atoms with van der Waals surface area (Å²) in [5.74, 6) is 0. The molecule has 2 fully saturated rings. The number of hydrogen-bond acceptors (Lipinski definition) is 3. The molecule has 0 aliphatic carbocycles. The van der Waals surface area contributed by atoms with Crippen molar-refractivity contribution < 1.29 is 0 Å². The summed E-state index contributed by atoms with van der Waals surface area (Å²) in [7, 11) is 2.17. The molecule has 0 bridgehead atoms. The van der Waals surface area contributed by atoms with Gasteiger partial charge in [0.05, 0.1) is 0 Å². The first-order valence-electron chi connectivity index (χ1n) is 5.70. The van der Waals surface area contributed by atoms with Crippen LogP contribution in [-0.2, 0) is 0 Å². The minimum atomic E-state index is 1.06. The van der Waals surface area contributed by atoms with Crippen LogP contribution < -0.4 is 5.32 Å². The van der Waals surface area contributed by atoms with Gasteiger partial charge in [0.1, 0.15) is 0 Å². The third kappa shape index (κ3) is 2.80. The molecule has 2 heterocycles. The zero-order valence-corrected chi connectivity index (χ0v) is 10.2.